The van der Waals surface area contributed by atoms with Crippen LogP contribution in [0.2, 0.25) is 5.02 Å². The first-order valence-electron chi connectivity index (χ1n) is 9.98. The van der Waals surface area contributed by atoms with E-state index in [1.54, 1.807) is 43.5 Å². The van der Waals surface area contributed by atoms with Gasteiger partial charge in [0.2, 0.25) is 0 Å². The fraction of sp³-hybridized carbons (Fsp3) is 0.120. The fourth-order valence-electron chi connectivity index (χ4n) is 3.25. The third kappa shape index (κ3) is 5.61. The van der Waals surface area contributed by atoms with Gasteiger partial charge < -0.3 is 9.47 Å². The third-order valence-corrected chi connectivity index (χ3v) is 6.65. The average molecular weight is 545 g/mol. The average Bonchev–Trinajstić information content (AvgIpc) is 3.07. The number of benzene rings is 3. The van der Waals surface area contributed by atoms with Crippen molar-refractivity contribution in [3.63, 3.8) is 0 Å². The van der Waals surface area contributed by atoms with Crippen molar-refractivity contribution < 1.29 is 19.1 Å². The highest BCUT2D eigenvalue weighted by molar-refractivity contribution is 9.10. The van der Waals surface area contributed by atoms with Crippen molar-refractivity contribution in [2.45, 2.75) is 13.2 Å². The molecule has 0 saturated carbocycles. The molecule has 3 aromatic carbocycles. The molecule has 0 radical (unpaired) electrons. The van der Waals surface area contributed by atoms with Crippen LogP contribution in [0.4, 0.5) is 4.79 Å². The highest BCUT2D eigenvalue weighted by atomic mass is 79.9. The molecule has 33 heavy (non-hydrogen) atoms. The standard InChI is InChI=1S/C25H19BrClNO4S/c1-31-21-12-18(11-20(26)23(21)32-15-17-5-3-2-4-6-17)13-22-24(29)28(25(30)33-22)14-16-7-9-19(27)10-8-16/h2-13H,14-15H2,1H3/b22-13-. The third-order valence-electron chi connectivity index (χ3n) is 4.90. The van der Waals surface area contributed by atoms with Crippen LogP contribution in [0.15, 0.2) is 76.1 Å². The van der Waals surface area contributed by atoms with Gasteiger partial charge in [0.25, 0.3) is 11.1 Å². The van der Waals surface area contributed by atoms with E-state index in [-0.39, 0.29) is 17.7 Å². The van der Waals surface area contributed by atoms with E-state index < -0.39 is 0 Å². The van der Waals surface area contributed by atoms with Crippen molar-refractivity contribution in [1.29, 1.82) is 0 Å². The minimum absolute atomic E-state index is 0.193. The van der Waals surface area contributed by atoms with Crippen LogP contribution in [0.1, 0.15) is 16.7 Å². The Bertz CT molecular complexity index is 1220. The summed E-state index contributed by atoms with van der Waals surface area (Å²) in [5.74, 6) is 0.751. The number of hydrogen-bond donors (Lipinski definition) is 0. The van der Waals surface area contributed by atoms with Crippen LogP contribution in [0.5, 0.6) is 11.5 Å². The van der Waals surface area contributed by atoms with Gasteiger partial charge in [0.05, 0.1) is 23.0 Å². The number of hydrogen-bond acceptors (Lipinski definition) is 5. The molecule has 0 unspecified atom stereocenters. The van der Waals surface area contributed by atoms with E-state index in [9.17, 15) is 9.59 Å². The summed E-state index contributed by atoms with van der Waals surface area (Å²) >= 11 is 10.4. The molecule has 2 amide bonds. The molecule has 1 fully saturated rings. The normalized spacial score (nSPS) is 14.8. The number of carbonyl (C=O) groups is 2. The van der Waals surface area contributed by atoms with Crippen molar-refractivity contribution in [2.24, 2.45) is 0 Å². The molecule has 4 rings (SSSR count). The lowest BCUT2D eigenvalue weighted by atomic mass is 10.1. The molecule has 1 aliphatic rings. The van der Waals surface area contributed by atoms with E-state index in [1.807, 2.05) is 36.4 Å². The summed E-state index contributed by atoms with van der Waals surface area (Å²) in [6.45, 7) is 0.581. The minimum atomic E-state index is -0.334. The first kappa shape index (κ1) is 23.4. The van der Waals surface area contributed by atoms with E-state index in [0.29, 0.717) is 38.1 Å². The molecule has 1 heterocycles. The summed E-state index contributed by atoms with van der Waals surface area (Å²) in [7, 11) is 1.56. The fourth-order valence-corrected chi connectivity index (χ4v) is 4.79. The van der Waals surface area contributed by atoms with E-state index >= 15 is 0 Å². The van der Waals surface area contributed by atoms with Gasteiger partial charge in [-0.15, -0.1) is 0 Å². The predicted molar refractivity (Wildman–Crippen MR) is 134 cm³/mol. The number of ether oxygens (including phenoxy) is 2. The number of amides is 2. The van der Waals surface area contributed by atoms with Crippen molar-refractivity contribution in [2.75, 3.05) is 7.11 Å². The Morgan fingerprint density at radius 3 is 2.45 bits per heavy atom. The molecule has 0 aromatic heterocycles. The SMILES string of the molecule is COc1cc(/C=C2\SC(=O)N(Cc3ccc(Cl)cc3)C2=O)cc(Br)c1OCc1ccccc1. The number of methoxy groups -OCH3 is 1. The van der Waals surface area contributed by atoms with E-state index in [1.165, 1.54) is 4.90 Å². The lowest BCUT2D eigenvalue weighted by Crippen LogP contribution is -2.27. The first-order chi connectivity index (χ1) is 15.9. The van der Waals surface area contributed by atoms with Crippen LogP contribution < -0.4 is 9.47 Å². The van der Waals surface area contributed by atoms with Crippen molar-refractivity contribution in [1.82, 2.24) is 4.90 Å². The minimum Gasteiger partial charge on any atom is -0.493 e. The van der Waals surface area contributed by atoms with Gasteiger partial charge in [-0.1, -0.05) is 54.1 Å². The molecule has 0 bridgehead atoms. The van der Waals surface area contributed by atoms with E-state index in [4.69, 9.17) is 21.1 Å². The second-order valence-electron chi connectivity index (χ2n) is 7.20. The Hall–Kier alpha value is -2.74. The van der Waals surface area contributed by atoms with Gasteiger partial charge >= 0.3 is 0 Å². The molecular formula is C25H19BrClNO4S. The molecule has 0 N–H and O–H groups in total. The number of carbonyl (C=O) groups excluding carboxylic acids is 2. The zero-order chi connectivity index (χ0) is 23.4. The maximum absolute atomic E-state index is 12.9. The highest BCUT2D eigenvalue weighted by Crippen LogP contribution is 2.39. The maximum atomic E-state index is 12.9. The summed E-state index contributed by atoms with van der Waals surface area (Å²) in [5, 5.41) is 0.290. The van der Waals surface area contributed by atoms with Crippen LogP contribution in [0.3, 0.4) is 0 Å². The van der Waals surface area contributed by atoms with Crippen molar-refractivity contribution >= 4 is 56.5 Å². The van der Waals surface area contributed by atoms with Crippen LogP contribution in [-0.2, 0) is 17.9 Å². The zero-order valence-electron chi connectivity index (χ0n) is 17.6. The number of imide groups is 1. The number of rotatable bonds is 7. The highest BCUT2D eigenvalue weighted by Gasteiger charge is 2.35. The number of halogens is 2. The summed E-state index contributed by atoms with van der Waals surface area (Å²) in [6, 6.07) is 20.5. The van der Waals surface area contributed by atoms with E-state index in [2.05, 4.69) is 15.9 Å². The summed E-state index contributed by atoms with van der Waals surface area (Å²) in [4.78, 5) is 26.9. The smallest absolute Gasteiger partial charge is 0.293 e. The van der Waals surface area contributed by atoms with Gasteiger partial charge in [-0.3, -0.25) is 14.5 Å². The van der Waals surface area contributed by atoms with Gasteiger partial charge in [0, 0.05) is 5.02 Å². The molecule has 0 spiro atoms. The Labute approximate surface area is 209 Å². The van der Waals surface area contributed by atoms with Gasteiger partial charge in [-0.05, 0) is 74.7 Å². The molecule has 1 saturated heterocycles. The topological polar surface area (TPSA) is 55.8 Å². The molecule has 5 nitrogen and oxygen atoms in total. The molecule has 3 aromatic rings. The van der Waals surface area contributed by atoms with Gasteiger partial charge in [-0.2, -0.15) is 0 Å². The van der Waals surface area contributed by atoms with Crippen LogP contribution in [-0.4, -0.2) is 23.2 Å². The monoisotopic (exact) mass is 543 g/mol. The zero-order valence-corrected chi connectivity index (χ0v) is 20.7. The molecule has 0 atom stereocenters. The quantitative estimate of drug-likeness (QED) is 0.302. The van der Waals surface area contributed by atoms with E-state index in [0.717, 1.165) is 22.9 Å². The summed E-state index contributed by atoms with van der Waals surface area (Å²) in [5.41, 5.74) is 2.57. The summed E-state index contributed by atoms with van der Waals surface area (Å²) in [6.07, 6.45) is 1.68. The number of thioether (sulfide) groups is 1. The Balaban J connectivity index is 1.53. The Morgan fingerprint density at radius 1 is 1.03 bits per heavy atom. The van der Waals surface area contributed by atoms with Crippen LogP contribution >= 0.6 is 39.3 Å². The largest absolute Gasteiger partial charge is 0.493 e. The second kappa shape index (κ2) is 10.5. The first-order valence-corrected chi connectivity index (χ1v) is 12.0. The van der Waals surface area contributed by atoms with Crippen molar-refractivity contribution in [3.8, 4) is 11.5 Å². The Morgan fingerprint density at radius 2 is 1.76 bits per heavy atom. The van der Waals surface area contributed by atoms with Crippen LogP contribution in [0, 0.1) is 0 Å². The van der Waals surface area contributed by atoms with Crippen molar-refractivity contribution in [3.05, 3.63) is 97.8 Å². The van der Waals surface area contributed by atoms with Gasteiger partial charge in [-0.25, -0.2) is 0 Å². The van der Waals surface area contributed by atoms with Gasteiger partial charge in [0.1, 0.15) is 6.61 Å². The second-order valence-corrected chi connectivity index (χ2v) is 9.49. The maximum Gasteiger partial charge on any atom is 0.293 e. The lowest BCUT2D eigenvalue weighted by molar-refractivity contribution is -0.123. The Kier molecular flexibility index (Phi) is 7.42. The molecule has 8 heteroatoms. The molecule has 0 aliphatic carbocycles. The summed E-state index contributed by atoms with van der Waals surface area (Å²) < 4.78 is 12.2. The number of nitrogens with zero attached hydrogens (tertiary/aromatic N) is 1. The molecule has 168 valence electrons. The predicted octanol–water partition coefficient (Wildman–Crippen LogP) is 6.93. The molecule has 1 aliphatic heterocycles. The van der Waals surface area contributed by atoms with Crippen LogP contribution in [0.25, 0.3) is 6.08 Å². The molecular weight excluding hydrogens is 526 g/mol. The van der Waals surface area contributed by atoms with Gasteiger partial charge in [0.15, 0.2) is 11.5 Å². The lowest BCUT2D eigenvalue weighted by Gasteiger charge is -2.14.